The van der Waals surface area contributed by atoms with E-state index in [0.29, 0.717) is 4.47 Å². The first-order chi connectivity index (χ1) is 9.27. The van der Waals surface area contributed by atoms with Crippen molar-refractivity contribution in [1.29, 1.82) is 0 Å². The first-order valence-corrected chi connectivity index (χ1v) is 6.61. The Labute approximate surface area is 124 Å². The molecule has 0 aliphatic heterocycles. The summed E-state index contributed by atoms with van der Waals surface area (Å²) in [4.78, 5) is 21.9. The fourth-order valence-electron chi connectivity index (χ4n) is 1.61. The van der Waals surface area contributed by atoms with Crippen LogP contribution in [0.15, 0.2) is 16.6 Å². The van der Waals surface area contributed by atoms with Crippen molar-refractivity contribution in [3.63, 3.8) is 0 Å². The predicted octanol–water partition coefficient (Wildman–Crippen LogP) is 1.92. The van der Waals surface area contributed by atoms with Gasteiger partial charge in [-0.05, 0) is 19.9 Å². The zero-order chi connectivity index (χ0) is 15.4. The largest absolute Gasteiger partial charge is 0.473 e. The molecule has 0 bridgehead atoms. The minimum Gasteiger partial charge on any atom is -0.473 e. The molecule has 0 aromatic heterocycles. The van der Waals surface area contributed by atoms with Crippen LogP contribution in [0.3, 0.4) is 0 Å². The summed E-state index contributed by atoms with van der Waals surface area (Å²) in [6, 6.07) is 2.78. The molecule has 1 aromatic carbocycles. The van der Waals surface area contributed by atoms with Crippen molar-refractivity contribution in [3.8, 4) is 5.75 Å². The van der Waals surface area contributed by atoms with Crippen LogP contribution in [0.4, 0.5) is 5.69 Å². The van der Waals surface area contributed by atoms with E-state index >= 15 is 0 Å². The molecule has 0 spiro atoms. The fraction of sp³-hybridized carbons (Fsp3) is 0.417. The molecule has 0 saturated heterocycles. The second-order valence-corrected chi connectivity index (χ2v) is 5.07. The second kappa shape index (κ2) is 6.67. The number of rotatable bonds is 5. The van der Waals surface area contributed by atoms with E-state index in [9.17, 15) is 20.0 Å². The maximum atomic E-state index is 11.5. The molecule has 2 atom stereocenters. The van der Waals surface area contributed by atoms with Crippen molar-refractivity contribution in [2.24, 2.45) is 0 Å². The Balaban J connectivity index is 3.33. The van der Waals surface area contributed by atoms with Gasteiger partial charge >= 0.3 is 5.69 Å². The molecule has 2 N–H and O–H groups in total. The molecular formula is C12H15BrN2O5. The molecule has 0 fully saturated rings. The molecule has 0 aliphatic rings. The Hall–Kier alpha value is -1.67. The molecule has 0 aliphatic carbocycles. The molecule has 110 valence electrons. The molecule has 8 heteroatoms. The molecule has 2 unspecified atom stereocenters. The van der Waals surface area contributed by atoms with Crippen molar-refractivity contribution >= 4 is 27.5 Å². The molecular weight excluding hydrogens is 332 g/mol. The van der Waals surface area contributed by atoms with Crippen molar-refractivity contribution in [1.82, 2.24) is 5.32 Å². The third-order valence-corrected chi connectivity index (χ3v) is 3.08. The van der Waals surface area contributed by atoms with Crippen LogP contribution in [0.5, 0.6) is 5.75 Å². The molecule has 1 amide bonds. The van der Waals surface area contributed by atoms with Gasteiger partial charge in [0, 0.05) is 23.2 Å². The Morgan fingerprint density at radius 2 is 2.10 bits per heavy atom. The quantitative estimate of drug-likeness (QED) is 0.626. The first-order valence-electron chi connectivity index (χ1n) is 5.82. The van der Waals surface area contributed by atoms with E-state index in [2.05, 4.69) is 21.2 Å². The molecule has 7 nitrogen and oxygen atoms in total. The van der Waals surface area contributed by atoms with Crippen LogP contribution in [-0.4, -0.2) is 29.1 Å². The number of nitrogens with one attached hydrogen (secondary N) is 1. The molecule has 0 heterocycles. The number of carbonyl (C=O) groups excluding carboxylic acids is 1. The van der Waals surface area contributed by atoms with E-state index in [1.165, 1.54) is 33.0 Å². The lowest BCUT2D eigenvalue weighted by atomic mass is 10.1. The molecule has 20 heavy (non-hydrogen) atoms. The number of hydrogen-bond donors (Lipinski definition) is 2. The molecule has 1 rings (SSSR count). The number of benzene rings is 1. The average molecular weight is 347 g/mol. The van der Waals surface area contributed by atoms with Crippen molar-refractivity contribution in [2.45, 2.75) is 26.1 Å². The SMILES string of the molecule is CNC(=O)C(C)Oc1c(C(C)O)cc(Br)cc1[N+](=O)[O-]. The van der Waals surface area contributed by atoms with Gasteiger partial charge in [0.1, 0.15) is 0 Å². The number of hydrogen-bond acceptors (Lipinski definition) is 5. The van der Waals surface area contributed by atoms with Crippen molar-refractivity contribution < 1.29 is 19.6 Å². The smallest absolute Gasteiger partial charge is 0.312 e. The molecule has 0 radical (unpaired) electrons. The summed E-state index contributed by atoms with van der Waals surface area (Å²) in [5.41, 5.74) is -0.0761. The lowest BCUT2D eigenvalue weighted by molar-refractivity contribution is -0.386. The fourth-order valence-corrected chi connectivity index (χ4v) is 2.07. The van der Waals surface area contributed by atoms with Gasteiger partial charge in [-0.3, -0.25) is 14.9 Å². The van der Waals surface area contributed by atoms with Gasteiger partial charge in [0.25, 0.3) is 5.91 Å². The van der Waals surface area contributed by atoms with Crippen LogP contribution in [0.2, 0.25) is 0 Å². The van der Waals surface area contributed by atoms with Crippen LogP contribution >= 0.6 is 15.9 Å². The number of amides is 1. The minimum atomic E-state index is -0.974. The normalized spacial score (nSPS) is 13.4. The Morgan fingerprint density at radius 1 is 1.50 bits per heavy atom. The summed E-state index contributed by atoms with van der Waals surface area (Å²) in [5.74, 6) is -0.525. The van der Waals surface area contributed by atoms with E-state index < -0.39 is 23.0 Å². The highest BCUT2D eigenvalue weighted by Gasteiger charge is 2.26. The number of halogens is 1. The van der Waals surface area contributed by atoms with Crippen LogP contribution < -0.4 is 10.1 Å². The van der Waals surface area contributed by atoms with Crippen molar-refractivity contribution in [3.05, 3.63) is 32.3 Å². The average Bonchev–Trinajstić information content (AvgIpc) is 2.38. The number of aliphatic hydroxyl groups is 1. The lowest BCUT2D eigenvalue weighted by Gasteiger charge is -2.18. The Morgan fingerprint density at radius 3 is 2.55 bits per heavy atom. The number of nitrogens with zero attached hydrogens (tertiary/aromatic N) is 1. The highest BCUT2D eigenvalue weighted by molar-refractivity contribution is 9.10. The highest BCUT2D eigenvalue weighted by Crippen LogP contribution is 2.38. The lowest BCUT2D eigenvalue weighted by Crippen LogP contribution is -2.34. The third kappa shape index (κ3) is 3.67. The van der Waals surface area contributed by atoms with E-state index in [0.717, 1.165) is 0 Å². The minimum absolute atomic E-state index is 0.107. The zero-order valence-electron chi connectivity index (χ0n) is 11.2. The predicted molar refractivity (Wildman–Crippen MR) is 75.6 cm³/mol. The van der Waals surface area contributed by atoms with Gasteiger partial charge in [-0.25, -0.2) is 0 Å². The van der Waals surface area contributed by atoms with Gasteiger partial charge in [-0.15, -0.1) is 0 Å². The third-order valence-electron chi connectivity index (χ3n) is 2.62. The number of carbonyl (C=O) groups is 1. The molecule has 1 aromatic rings. The van der Waals surface area contributed by atoms with Crippen molar-refractivity contribution in [2.75, 3.05) is 7.05 Å². The van der Waals surface area contributed by atoms with E-state index in [1.54, 1.807) is 0 Å². The standard InChI is InChI=1S/C12H15BrN2O5/c1-6(16)9-4-8(13)5-10(15(18)19)11(9)20-7(2)12(17)14-3/h4-7,16H,1-3H3,(H,14,17). The monoisotopic (exact) mass is 346 g/mol. The summed E-state index contributed by atoms with van der Waals surface area (Å²) in [7, 11) is 1.44. The maximum Gasteiger partial charge on any atom is 0.312 e. The summed E-state index contributed by atoms with van der Waals surface area (Å²) in [6.07, 6.45) is -1.89. The van der Waals surface area contributed by atoms with E-state index in [-0.39, 0.29) is 17.0 Å². The first kappa shape index (κ1) is 16.4. The van der Waals surface area contributed by atoms with Crippen LogP contribution in [0, 0.1) is 10.1 Å². The summed E-state index contributed by atoms with van der Waals surface area (Å²) < 4.78 is 5.82. The maximum absolute atomic E-state index is 11.5. The topological polar surface area (TPSA) is 102 Å². The van der Waals surface area contributed by atoms with E-state index in [4.69, 9.17) is 4.74 Å². The summed E-state index contributed by atoms with van der Waals surface area (Å²) in [5, 5.41) is 23.2. The number of ether oxygens (including phenoxy) is 1. The summed E-state index contributed by atoms with van der Waals surface area (Å²) >= 11 is 3.14. The van der Waals surface area contributed by atoms with E-state index in [1.807, 2.05) is 0 Å². The number of nitro groups is 1. The Bertz CT molecular complexity index is 533. The Kier molecular flexibility index (Phi) is 5.46. The van der Waals surface area contributed by atoms with Crippen LogP contribution in [0.25, 0.3) is 0 Å². The van der Waals surface area contributed by atoms with Gasteiger partial charge in [0.2, 0.25) is 5.75 Å². The van der Waals surface area contributed by atoms with Crippen LogP contribution in [0.1, 0.15) is 25.5 Å². The van der Waals surface area contributed by atoms with Crippen LogP contribution in [-0.2, 0) is 4.79 Å². The number of nitro benzene ring substituents is 1. The van der Waals surface area contributed by atoms with Gasteiger partial charge in [0.15, 0.2) is 6.10 Å². The number of likely N-dealkylation sites (N-methyl/N-ethyl adjacent to an activating group) is 1. The van der Waals surface area contributed by atoms with Gasteiger partial charge in [-0.1, -0.05) is 15.9 Å². The molecule has 0 saturated carbocycles. The summed E-state index contributed by atoms with van der Waals surface area (Å²) in [6.45, 7) is 2.93. The highest BCUT2D eigenvalue weighted by atomic mass is 79.9. The zero-order valence-corrected chi connectivity index (χ0v) is 12.8. The number of aliphatic hydroxyl groups excluding tert-OH is 1. The van der Waals surface area contributed by atoms with Gasteiger partial charge in [-0.2, -0.15) is 0 Å². The van der Waals surface area contributed by atoms with Gasteiger partial charge in [0.05, 0.1) is 11.0 Å². The van der Waals surface area contributed by atoms with Gasteiger partial charge < -0.3 is 15.2 Å². The second-order valence-electron chi connectivity index (χ2n) is 4.15.